The molecular weight excluding hydrogens is 333 g/mol. The number of halogens is 3. The number of benzene rings is 1. The van der Waals surface area contributed by atoms with Gasteiger partial charge in [-0.3, -0.25) is 0 Å². The van der Waals surface area contributed by atoms with E-state index in [4.69, 9.17) is 4.74 Å². The summed E-state index contributed by atoms with van der Waals surface area (Å²) in [7, 11) is 1.60. The molecule has 4 nitrogen and oxygen atoms in total. The number of aromatic nitrogens is 2. The fourth-order valence-corrected chi connectivity index (χ4v) is 1.68. The fraction of sp³-hybridized carbons (Fsp3) is 0.500. The van der Waals surface area contributed by atoms with E-state index in [0.29, 0.717) is 5.69 Å². The maximum atomic E-state index is 12.3. The number of hydrogen-bond acceptors (Lipinski definition) is 3. The van der Waals surface area contributed by atoms with Crippen molar-refractivity contribution in [3.8, 4) is 5.69 Å². The van der Waals surface area contributed by atoms with Crippen molar-refractivity contribution in [1.29, 1.82) is 0 Å². The molecule has 7 heteroatoms. The molecule has 0 atom stereocenters. The first-order valence-corrected chi connectivity index (χ1v) is 7.75. The number of rotatable bonds is 3. The Labute approximate surface area is 146 Å². The average molecular weight is 358 g/mol. The van der Waals surface area contributed by atoms with Crippen LogP contribution in [0.3, 0.4) is 0 Å². The van der Waals surface area contributed by atoms with Crippen molar-refractivity contribution in [3.05, 3.63) is 47.8 Å². The normalized spacial score (nSPS) is 12.6. The molecule has 0 aliphatic heterocycles. The van der Waals surface area contributed by atoms with Gasteiger partial charge in [-0.2, -0.15) is 18.3 Å². The Bertz CT molecular complexity index is 669. The van der Waals surface area contributed by atoms with Crippen LogP contribution < -0.4 is 0 Å². The lowest BCUT2D eigenvalue weighted by Gasteiger charge is -2.35. The van der Waals surface area contributed by atoms with Crippen LogP contribution in [0, 0.1) is 6.92 Å². The minimum absolute atomic E-state index is 0.465. The third kappa shape index (κ3) is 5.57. The first-order valence-electron chi connectivity index (χ1n) is 7.75. The van der Waals surface area contributed by atoms with Crippen molar-refractivity contribution in [2.75, 3.05) is 7.11 Å². The van der Waals surface area contributed by atoms with Crippen molar-refractivity contribution in [2.24, 2.45) is 0 Å². The van der Waals surface area contributed by atoms with Crippen LogP contribution in [0.1, 0.15) is 39.0 Å². The number of methoxy groups -OCH3 is 1. The van der Waals surface area contributed by atoms with Gasteiger partial charge in [0.25, 0.3) is 0 Å². The van der Waals surface area contributed by atoms with Crippen LogP contribution >= 0.6 is 0 Å². The lowest BCUT2D eigenvalue weighted by Crippen LogP contribution is -2.46. The highest BCUT2D eigenvalue weighted by atomic mass is 19.4. The molecule has 140 valence electrons. The number of nitrogens with zero attached hydrogens (tertiary/aromatic N) is 2. The minimum atomic E-state index is -4.29. The summed E-state index contributed by atoms with van der Waals surface area (Å²) in [6.45, 7) is 9.01. The van der Waals surface area contributed by atoms with E-state index < -0.39 is 22.9 Å². The van der Waals surface area contributed by atoms with Crippen LogP contribution in [-0.4, -0.2) is 33.2 Å². The van der Waals surface area contributed by atoms with Crippen molar-refractivity contribution in [1.82, 2.24) is 9.78 Å². The Morgan fingerprint density at radius 2 is 1.52 bits per heavy atom. The van der Waals surface area contributed by atoms with E-state index in [1.54, 1.807) is 37.9 Å². The number of hydrogen-bond donors (Lipinski definition) is 1. The van der Waals surface area contributed by atoms with Crippen LogP contribution in [0.15, 0.2) is 36.5 Å². The summed E-state index contributed by atoms with van der Waals surface area (Å²) in [5, 5.41) is 13.4. The molecule has 0 aliphatic rings. The predicted octanol–water partition coefficient (Wildman–Crippen LogP) is 4.38. The first kappa shape index (κ1) is 21.2. The highest BCUT2D eigenvalue weighted by molar-refractivity contribution is 5.36. The molecule has 25 heavy (non-hydrogen) atoms. The highest BCUT2D eigenvalue weighted by Crippen LogP contribution is 2.29. The van der Waals surface area contributed by atoms with Gasteiger partial charge >= 0.3 is 6.18 Å². The Morgan fingerprint density at radius 3 is 1.80 bits per heavy atom. The van der Waals surface area contributed by atoms with Crippen LogP contribution in [0.25, 0.3) is 5.69 Å². The van der Waals surface area contributed by atoms with Gasteiger partial charge in [-0.25, -0.2) is 4.68 Å². The van der Waals surface area contributed by atoms with Crippen LogP contribution in [-0.2, 0) is 10.9 Å². The van der Waals surface area contributed by atoms with Gasteiger partial charge in [0.05, 0.1) is 22.5 Å². The molecule has 0 spiro atoms. The number of aliphatic hydroxyl groups is 1. The summed E-state index contributed by atoms with van der Waals surface area (Å²) in [5.74, 6) is 0. The van der Waals surface area contributed by atoms with Gasteiger partial charge < -0.3 is 9.84 Å². The van der Waals surface area contributed by atoms with E-state index >= 15 is 0 Å². The molecule has 0 amide bonds. The second-order valence-corrected chi connectivity index (χ2v) is 6.70. The molecule has 1 N–H and O–H groups in total. The van der Waals surface area contributed by atoms with Crippen molar-refractivity contribution < 1.29 is 23.0 Å². The topological polar surface area (TPSA) is 47.3 Å². The lowest BCUT2D eigenvalue weighted by atomic mass is 9.90. The zero-order valence-electron chi connectivity index (χ0n) is 15.3. The third-order valence-electron chi connectivity index (χ3n) is 4.25. The van der Waals surface area contributed by atoms with E-state index in [1.165, 1.54) is 12.1 Å². The molecule has 0 bridgehead atoms. The molecule has 0 saturated carbocycles. The molecule has 0 aliphatic carbocycles. The molecule has 0 radical (unpaired) electrons. The van der Waals surface area contributed by atoms with Crippen molar-refractivity contribution in [2.45, 2.75) is 52.0 Å². The van der Waals surface area contributed by atoms with Gasteiger partial charge in [0, 0.05) is 19.0 Å². The maximum absolute atomic E-state index is 12.3. The zero-order chi connectivity index (χ0) is 19.5. The molecular formula is C18H25F3N2O2. The zero-order valence-corrected chi connectivity index (χ0v) is 15.3. The standard InChI is InChI=1S/C11H9F3N2.C7H16O2/c1-8-6-7-15-16(8)10-4-2-9(3-5-10)11(12,13)14;1-6(2,8)7(3,4)9-5/h2-7H,1H3;8H,1-5H3. The first-order chi connectivity index (χ1) is 11.3. The average Bonchev–Trinajstić information content (AvgIpc) is 2.92. The van der Waals surface area contributed by atoms with Gasteiger partial charge in [-0.1, -0.05) is 0 Å². The predicted molar refractivity (Wildman–Crippen MR) is 90.7 cm³/mol. The Balaban J connectivity index is 0.000000299. The summed E-state index contributed by atoms with van der Waals surface area (Å²) >= 11 is 0. The highest BCUT2D eigenvalue weighted by Gasteiger charge is 2.34. The fourth-order valence-electron chi connectivity index (χ4n) is 1.68. The van der Waals surface area contributed by atoms with Gasteiger partial charge in [-0.05, 0) is 65.0 Å². The second-order valence-electron chi connectivity index (χ2n) is 6.70. The van der Waals surface area contributed by atoms with Crippen LogP contribution in [0.2, 0.25) is 0 Å². The quantitative estimate of drug-likeness (QED) is 0.886. The monoisotopic (exact) mass is 358 g/mol. The molecule has 0 saturated heterocycles. The minimum Gasteiger partial charge on any atom is -0.387 e. The Kier molecular flexibility index (Phi) is 6.42. The maximum Gasteiger partial charge on any atom is 0.416 e. The Hall–Kier alpha value is -1.86. The number of ether oxygens (including phenoxy) is 1. The molecule has 1 aromatic heterocycles. The summed E-state index contributed by atoms with van der Waals surface area (Å²) in [5.41, 5.74) is -0.398. The van der Waals surface area contributed by atoms with E-state index in [-0.39, 0.29) is 0 Å². The van der Waals surface area contributed by atoms with Crippen LogP contribution in [0.4, 0.5) is 13.2 Å². The summed E-state index contributed by atoms with van der Waals surface area (Å²) in [6.07, 6.45) is -2.69. The van der Waals surface area contributed by atoms with Crippen LogP contribution in [0.5, 0.6) is 0 Å². The number of aryl methyl sites for hydroxylation is 1. The molecule has 0 fully saturated rings. The van der Waals surface area contributed by atoms with E-state index in [1.807, 2.05) is 20.8 Å². The lowest BCUT2D eigenvalue weighted by molar-refractivity contribution is -0.137. The van der Waals surface area contributed by atoms with E-state index in [9.17, 15) is 18.3 Å². The van der Waals surface area contributed by atoms with E-state index in [2.05, 4.69) is 5.10 Å². The SMILES string of the molecule is COC(C)(C)C(C)(C)O.Cc1ccnn1-c1ccc(C(F)(F)F)cc1. The number of alkyl halides is 3. The summed E-state index contributed by atoms with van der Waals surface area (Å²) < 4.78 is 43.6. The molecule has 0 unspecified atom stereocenters. The van der Waals surface area contributed by atoms with Gasteiger partial charge in [0.15, 0.2) is 0 Å². The molecule has 2 rings (SSSR count). The summed E-state index contributed by atoms with van der Waals surface area (Å²) in [4.78, 5) is 0. The van der Waals surface area contributed by atoms with E-state index in [0.717, 1.165) is 17.8 Å². The second kappa shape index (κ2) is 7.58. The van der Waals surface area contributed by atoms with Crippen molar-refractivity contribution in [3.63, 3.8) is 0 Å². The molecule has 1 aromatic carbocycles. The largest absolute Gasteiger partial charge is 0.416 e. The molecule has 1 heterocycles. The smallest absolute Gasteiger partial charge is 0.387 e. The third-order valence-corrected chi connectivity index (χ3v) is 4.25. The van der Waals surface area contributed by atoms with Gasteiger partial charge in [0.2, 0.25) is 0 Å². The van der Waals surface area contributed by atoms with Crippen molar-refractivity contribution >= 4 is 0 Å². The van der Waals surface area contributed by atoms with Gasteiger partial charge in [-0.15, -0.1) is 0 Å². The molecule has 2 aromatic rings. The van der Waals surface area contributed by atoms with Gasteiger partial charge in [0.1, 0.15) is 0 Å². The summed E-state index contributed by atoms with van der Waals surface area (Å²) in [6, 6.07) is 6.70. The Morgan fingerprint density at radius 1 is 1.00 bits per heavy atom.